The average Bonchev–Trinajstić information content (AvgIpc) is 3.07. The molecule has 0 aromatic carbocycles. The molecule has 2 aromatic rings. The highest BCUT2D eigenvalue weighted by molar-refractivity contribution is 7.86. The Morgan fingerprint density at radius 3 is 2.93 bits per heavy atom. The fourth-order valence-electron chi connectivity index (χ4n) is 3.30. The summed E-state index contributed by atoms with van der Waals surface area (Å²) in [6.07, 6.45) is -0.553. The summed E-state index contributed by atoms with van der Waals surface area (Å²) in [5.41, 5.74) is 6.61. The van der Waals surface area contributed by atoms with Gasteiger partial charge in [0.25, 0.3) is 10.1 Å². The van der Waals surface area contributed by atoms with E-state index in [0.29, 0.717) is 11.2 Å². The summed E-state index contributed by atoms with van der Waals surface area (Å²) in [4.78, 5) is 11.1. The maximum atomic E-state index is 11.9. The zero-order valence-corrected chi connectivity index (χ0v) is 16.4. The highest BCUT2D eigenvalue weighted by Gasteiger charge is 2.54. The summed E-state index contributed by atoms with van der Waals surface area (Å²) in [6.45, 7) is 3.71. The molecule has 4 atom stereocenters. The third-order valence-electron chi connectivity index (χ3n) is 4.33. The van der Waals surface area contributed by atoms with E-state index in [-0.39, 0.29) is 17.2 Å². The van der Waals surface area contributed by atoms with Gasteiger partial charge in [-0.25, -0.2) is 9.97 Å². The minimum absolute atomic E-state index is 0.103. The zero-order chi connectivity index (χ0) is 19.6. The van der Waals surface area contributed by atoms with Crippen LogP contribution in [-0.2, 0) is 28.5 Å². The van der Waals surface area contributed by atoms with Crippen LogP contribution >= 0.6 is 12.2 Å². The van der Waals surface area contributed by atoms with Gasteiger partial charge in [-0.3, -0.25) is 8.75 Å². The van der Waals surface area contributed by atoms with Gasteiger partial charge >= 0.3 is 0 Å². The normalized spacial score (nSPS) is 30.5. The van der Waals surface area contributed by atoms with Crippen LogP contribution in [0.15, 0.2) is 6.33 Å². The number of ether oxygens (including phenoxy) is 3. The van der Waals surface area contributed by atoms with Crippen molar-refractivity contribution in [2.75, 3.05) is 18.6 Å². The first-order chi connectivity index (χ1) is 12.5. The van der Waals surface area contributed by atoms with Gasteiger partial charge in [-0.05, 0) is 13.8 Å². The van der Waals surface area contributed by atoms with Crippen LogP contribution in [0.1, 0.15) is 20.1 Å². The van der Waals surface area contributed by atoms with Crippen LogP contribution in [-0.4, -0.2) is 64.9 Å². The Bertz CT molecular complexity index is 1050. The first kappa shape index (κ1) is 18.7. The highest BCUT2D eigenvalue weighted by Crippen LogP contribution is 2.40. The minimum atomic E-state index is -3.79. The number of fused-ring (bicyclic) bond motifs is 2. The van der Waals surface area contributed by atoms with E-state index in [0.717, 1.165) is 6.26 Å². The molecule has 148 valence electrons. The number of rotatable bonds is 3. The Hall–Kier alpha value is -1.64. The molecular formula is C14H19N5O6S2. The fraction of sp³-hybridized carbons (Fsp3) is 0.643. The van der Waals surface area contributed by atoms with Gasteiger partial charge in [-0.2, -0.15) is 8.42 Å². The van der Waals surface area contributed by atoms with Crippen molar-refractivity contribution in [2.24, 2.45) is 0 Å². The third kappa shape index (κ3) is 3.46. The summed E-state index contributed by atoms with van der Waals surface area (Å²) < 4.78 is 48.4. The summed E-state index contributed by atoms with van der Waals surface area (Å²) in [5, 5.41) is 0. The number of nitrogens with two attached hydrogens (primary N) is 1. The van der Waals surface area contributed by atoms with E-state index in [1.165, 1.54) is 6.33 Å². The molecule has 0 amide bonds. The molecule has 2 aliphatic heterocycles. The molecule has 4 rings (SSSR count). The number of nitrogen functional groups attached to an aromatic ring is 1. The molecule has 27 heavy (non-hydrogen) atoms. The topological polar surface area (TPSA) is 144 Å². The van der Waals surface area contributed by atoms with Gasteiger partial charge in [0.2, 0.25) is 0 Å². The van der Waals surface area contributed by atoms with E-state index >= 15 is 0 Å². The molecule has 3 N–H and O–H groups in total. The van der Waals surface area contributed by atoms with Crippen molar-refractivity contribution in [1.82, 2.24) is 19.5 Å². The van der Waals surface area contributed by atoms with Gasteiger partial charge in [-0.1, -0.05) is 12.2 Å². The number of nitrogens with zero attached hydrogens (tertiary/aromatic N) is 3. The quantitative estimate of drug-likeness (QED) is 0.534. The number of nitrogens with one attached hydrogen (secondary N) is 1. The van der Waals surface area contributed by atoms with Gasteiger partial charge in [-0.15, -0.1) is 0 Å². The molecule has 0 unspecified atom stereocenters. The van der Waals surface area contributed by atoms with E-state index in [1.54, 1.807) is 18.4 Å². The summed E-state index contributed by atoms with van der Waals surface area (Å²) >= 11 is 5.18. The number of anilines is 1. The lowest BCUT2D eigenvalue weighted by molar-refractivity contribution is -0.299. The van der Waals surface area contributed by atoms with E-state index in [4.69, 9.17) is 36.3 Å². The van der Waals surface area contributed by atoms with Gasteiger partial charge in [0.1, 0.15) is 23.4 Å². The second kappa shape index (κ2) is 6.18. The molecule has 0 aliphatic carbocycles. The lowest BCUT2D eigenvalue weighted by Crippen LogP contribution is -2.50. The van der Waals surface area contributed by atoms with Crippen LogP contribution in [0.5, 0.6) is 0 Å². The zero-order valence-electron chi connectivity index (χ0n) is 14.8. The Labute approximate surface area is 159 Å². The summed E-state index contributed by atoms with van der Waals surface area (Å²) in [7, 11) is -3.79. The smallest absolute Gasteiger partial charge is 0.264 e. The van der Waals surface area contributed by atoms with E-state index in [2.05, 4.69) is 15.0 Å². The molecular weight excluding hydrogens is 398 g/mol. The fourth-order valence-corrected chi connectivity index (χ4v) is 4.16. The van der Waals surface area contributed by atoms with Gasteiger partial charge in [0, 0.05) is 0 Å². The second-order valence-corrected chi connectivity index (χ2v) is 8.89. The predicted molar refractivity (Wildman–Crippen MR) is 95.7 cm³/mol. The molecule has 2 saturated heterocycles. The molecule has 4 heterocycles. The largest absolute Gasteiger partial charge is 0.369 e. The minimum Gasteiger partial charge on any atom is -0.369 e. The monoisotopic (exact) mass is 417 g/mol. The van der Waals surface area contributed by atoms with Crippen molar-refractivity contribution >= 4 is 39.4 Å². The molecule has 11 nitrogen and oxygen atoms in total. The van der Waals surface area contributed by atoms with Crippen molar-refractivity contribution in [2.45, 2.75) is 44.2 Å². The first-order valence-electron chi connectivity index (χ1n) is 8.12. The summed E-state index contributed by atoms with van der Waals surface area (Å²) in [5.74, 6) is -0.796. The Balaban J connectivity index is 1.80. The number of H-pyrrole nitrogens is 1. The lowest BCUT2D eigenvalue weighted by Gasteiger charge is -2.38. The van der Waals surface area contributed by atoms with E-state index in [1.807, 2.05) is 0 Å². The molecule has 2 aromatic heterocycles. The number of aromatic nitrogens is 4. The van der Waals surface area contributed by atoms with Crippen molar-refractivity contribution in [1.29, 1.82) is 0 Å². The molecule has 13 heteroatoms. The molecule has 0 saturated carbocycles. The first-order valence-corrected chi connectivity index (χ1v) is 10.3. The second-order valence-electron chi connectivity index (χ2n) is 6.90. The van der Waals surface area contributed by atoms with Crippen LogP contribution in [0.4, 0.5) is 5.95 Å². The van der Waals surface area contributed by atoms with Crippen molar-refractivity contribution < 1.29 is 26.8 Å². The third-order valence-corrected chi connectivity index (χ3v) is 5.18. The van der Waals surface area contributed by atoms with Crippen molar-refractivity contribution in [3.63, 3.8) is 0 Å². The average molecular weight is 417 g/mol. The van der Waals surface area contributed by atoms with Crippen LogP contribution in [0.2, 0.25) is 0 Å². The maximum Gasteiger partial charge on any atom is 0.264 e. The van der Waals surface area contributed by atoms with Gasteiger partial charge < -0.3 is 24.9 Å². The molecule has 2 fully saturated rings. The van der Waals surface area contributed by atoms with Crippen LogP contribution in [0, 0.1) is 4.64 Å². The number of imidazole rings is 1. The van der Waals surface area contributed by atoms with Crippen LogP contribution in [0.3, 0.4) is 0 Å². The van der Waals surface area contributed by atoms with Crippen LogP contribution in [0.25, 0.3) is 11.2 Å². The van der Waals surface area contributed by atoms with Crippen molar-refractivity contribution in [3.8, 4) is 0 Å². The molecule has 0 spiro atoms. The maximum absolute atomic E-state index is 11.9. The van der Waals surface area contributed by atoms with E-state index < -0.39 is 40.4 Å². The van der Waals surface area contributed by atoms with Crippen molar-refractivity contribution in [3.05, 3.63) is 11.0 Å². The van der Waals surface area contributed by atoms with Gasteiger partial charge in [0.05, 0.1) is 19.2 Å². The molecule has 0 radical (unpaired) electrons. The molecule has 0 bridgehead atoms. The predicted octanol–water partition coefficient (Wildman–Crippen LogP) is 0.465. The summed E-state index contributed by atoms with van der Waals surface area (Å²) in [6, 6.07) is 0. The SMILES string of the molecule is CC1(C)OC[C@@H]2O[C@@H](n3cnc4c(=S)nc(N)[nH]c43)[C@@H](OS(C)(=O)=O)[C@@H]2O1. The standard InChI is InChI=1S/C14H19N5O6S2/c1-14(2)22-4-6-8(24-14)9(25-27(3,20)21)12(23-6)19-5-16-7-10(19)17-13(15)18-11(7)26/h5-6,8-9,12H,4H2,1-3H3,(H3,15,17,18,26)/t6-,8+,9-,12+/m0/s1. The Kier molecular flexibility index (Phi) is 4.29. The Morgan fingerprint density at radius 2 is 2.22 bits per heavy atom. The number of hydrogen-bond acceptors (Lipinski definition) is 10. The highest BCUT2D eigenvalue weighted by atomic mass is 32.2. The Morgan fingerprint density at radius 1 is 1.48 bits per heavy atom. The van der Waals surface area contributed by atoms with Crippen LogP contribution < -0.4 is 5.73 Å². The number of aromatic amines is 1. The van der Waals surface area contributed by atoms with Gasteiger partial charge in [0.15, 0.2) is 28.7 Å². The molecule has 2 aliphatic rings. The lowest BCUT2D eigenvalue weighted by atomic mass is 10.1. The number of hydrogen-bond donors (Lipinski definition) is 2. The van der Waals surface area contributed by atoms with E-state index in [9.17, 15) is 8.42 Å².